The number of hydrogen-bond donors (Lipinski definition) is 0. The Kier molecular flexibility index (Phi) is 1.76. The Morgan fingerprint density at radius 2 is 2.13 bits per heavy atom. The first-order valence-electron chi connectivity index (χ1n) is 4.57. The molecule has 0 bridgehead atoms. The third-order valence-electron chi connectivity index (χ3n) is 2.55. The van der Waals surface area contributed by atoms with Crippen molar-refractivity contribution in [3.05, 3.63) is 50.2 Å². The Bertz CT molecular complexity index is 662. The quantitative estimate of drug-likeness (QED) is 0.622. The number of pyridine rings is 1. The Labute approximate surface area is 94.4 Å². The number of aromatic nitrogens is 1. The topological polar surface area (TPSA) is 30.0 Å². The largest absolute Gasteiger partial charge is 0.287 e. The van der Waals surface area contributed by atoms with Gasteiger partial charge in [0.1, 0.15) is 5.52 Å². The average molecular weight is 260 g/mol. The maximum Gasteiger partial charge on any atom is 0.212 e. The van der Waals surface area contributed by atoms with E-state index in [2.05, 4.69) is 20.9 Å². The van der Waals surface area contributed by atoms with Gasteiger partial charge in [0, 0.05) is 21.6 Å². The van der Waals surface area contributed by atoms with Crippen LogP contribution in [0.15, 0.2) is 33.7 Å². The SMILES string of the molecule is O=c1c2c(cc(Br)c3cccnc13)C=C2. The number of fused-ring (bicyclic) bond motifs is 2. The molecule has 0 aliphatic heterocycles. The van der Waals surface area contributed by atoms with Crippen LogP contribution in [0.2, 0.25) is 0 Å². The first-order chi connectivity index (χ1) is 7.27. The summed E-state index contributed by atoms with van der Waals surface area (Å²) in [4.78, 5) is 16.2. The highest BCUT2D eigenvalue weighted by Crippen LogP contribution is 2.27. The van der Waals surface area contributed by atoms with E-state index in [-0.39, 0.29) is 5.43 Å². The molecule has 0 unspecified atom stereocenters. The third kappa shape index (κ3) is 1.16. The molecule has 3 rings (SSSR count). The average Bonchev–Trinajstić information content (AvgIpc) is 2.29. The minimum absolute atomic E-state index is 0.00815. The molecule has 3 heteroatoms. The molecule has 0 saturated carbocycles. The van der Waals surface area contributed by atoms with Crippen LogP contribution >= 0.6 is 15.9 Å². The van der Waals surface area contributed by atoms with Crippen LogP contribution in [0.5, 0.6) is 0 Å². The summed E-state index contributed by atoms with van der Waals surface area (Å²) in [5.41, 5.74) is 2.26. The van der Waals surface area contributed by atoms with Crippen LogP contribution in [-0.2, 0) is 0 Å². The molecule has 2 nitrogen and oxygen atoms in total. The highest BCUT2D eigenvalue weighted by Gasteiger charge is 2.13. The van der Waals surface area contributed by atoms with Crippen molar-refractivity contribution in [2.24, 2.45) is 0 Å². The van der Waals surface area contributed by atoms with Gasteiger partial charge >= 0.3 is 0 Å². The van der Waals surface area contributed by atoms with Crippen molar-refractivity contribution in [1.29, 1.82) is 0 Å². The minimum Gasteiger partial charge on any atom is -0.287 e. The van der Waals surface area contributed by atoms with Crippen LogP contribution in [0, 0.1) is 0 Å². The van der Waals surface area contributed by atoms with Gasteiger partial charge in [-0.05, 0) is 29.8 Å². The summed E-state index contributed by atoms with van der Waals surface area (Å²) in [5, 5.41) is 0.860. The monoisotopic (exact) mass is 259 g/mol. The predicted octanol–water partition coefficient (Wildman–Crippen LogP) is 2.84. The second-order valence-corrected chi connectivity index (χ2v) is 4.28. The summed E-state index contributed by atoms with van der Waals surface area (Å²) in [6, 6.07) is 5.69. The molecule has 1 aromatic heterocycles. The Hall–Kier alpha value is -1.48. The molecule has 1 heterocycles. The predicted molar refractivity (Wildman–Crippen MR) is 64.6 cm³/mol. The lowest BCUT2D eigenvalue weighted by atomic mass is 10.0. The van der Waals surface area contributed by atoms with Gasteiger partial charge in [-0.15, -0.1) is 0 Å². The molecule has 0 radical (unpaired) electrons. The summed E-state index contributed by atoms with van der Waals surface area (Å²) in [5.74, 6) is 0. The summed E-state index contributed by atoms with van der Waals surface area (Å²) in [6.45, 7) is 0. The van der Waals surface area contributed by atoms with E-state index in [0.717, 1.165) is 21.0 Å². The molecule has 0 fully saturated rings. The smallest absolute Gasteiger partial charge is 0.212 e. The van der Waals surface area contributed by atoms with Crippen molar-refractivity contribution >= 4 is 39.0 Å². The van der Waals surface area contributed by atoms with Crippen molar-refractivity contribution in [2.45, 2.75) is 0 Å². The fraction of sp³-hybridized carbons (Fsp3) is 0. The molecule has 1 aliphatic carbocycles. The molecule has 1 aliphatic rings. The second kappa shape index (κ2) is 3.00. The van der Waals surface area contributed by atoms with Gasteiger partial charge < -0.3 is 0 Å². The van der Waals surface area contributed by atoms with Gasteiger partial charge in [0.2, 0.25) is 5.43 Å². The lowest BCUT2D eigenvalue weighted by molar-refractivity contribution is 1.39. The standard InChI is InChI=1S/C12H6BrNO/c13-10-6-7-3-4-8(7)12(15)11-9(10)2-1-5-14-11/h1-6H. The van der Waals surface area contributed by atoms with Crippen molar-refractivity contribution in [2.75, 3.05) is 0 Å². The van der Waals surface area contributed by atoms with Gasteiger partial charge in [-0.25, -0.2) is 0 Å². The molecule has 1 aromatic carbocycles. The van der Waals surface area contributed by atoms with Crippen molar-refractivity contribution in [3.8, 4) is 0 Å². The van der Waals surface area contributed by atoms with E-state index < -0.39 is 0 Å². The zero-order valence-electron chi connectivity index (χ0n) is 7.70. The fourth-order valence-electron chi connectivity index (χ4n) is 1.72. The summed E-state index contributed by atoms with van der Waals surface area (Å²) in [7, 11) is 0. The van der Waals surface area contributed by atoms with Crippen LogP contribution in [0.25, 0.3) is 23.1 Å². The van der Waals surface area contributed by atoms with Crippen molar-refractivity contribution < 1.29 is 0 Å². The normalized spacial score (nSPS) is 12.3. The van der Waals surface area contributed by atoms with Crippen LogP contribution in [0.4, 0.5) is 0 Å². The lowest BCUT2D eigenvalue weighted by Gasteiger charge is -2.02. The number of nitrogens with zero attached hydrogens (tertiary/aromatic N) is 1. The summed E-state index contributed by atoms with van der Waals surface area (Å²) >= 11 is 3.47. The van der Waals surface area contributed by atoms with E-state index in [4.69, 9.17) is 0 Å². The van der Waals surface area contributed by atoms with Crippen LogP contribution in [-0.4, -0.2) is 4.98 Å². The zero-order valence-corrected chi connectivity index (χ0v) is 9.28. The highest BCUT2D eigenvalue weighted by molar-refractivity contribution is 9.10. The van der Waals surface area contributed by atoms with Gasteiger partial charge in [-0.2, -0.15) is 0 Å². The fourth-order valence-corrected chi connectivity index (χ4v) is 2.28. The molecular weight excluding hydrogens is 254 g/mol. The van der Waals surface area contributed by atoms with E-state index in [0.29, 0.717) is 5.52 Å². The number of rotatable bonds is 0. The Morgan fingerprint density at radius 1 is 1.27 bits per heavy atom. The number of hydrogen-bond acceptors (Lipinski definition) is 2. The van der Waals surface area contributed by atoms with Crippen LogP contribution in [0.1, 0.15) is 11.1 Å². The van der Waals surface area contributed by atoms with E-state index in [9.17, 15) is 4.79 Å². The first-order valence-corrected chi connectivity index (χ1v) is 5.36. The molecule has 0 atom stereocenters. The van der Waals surface area contributed by atoms with Crippen molar-refractivity contribution in [3.63, 3.8) is 0 Å². The maximum atomic E-state index is 12.0. The van der Waals surface area contributed by atoms with E-state index in [1.165, 1.54) is 0 Å². The van der Waals surface area contributed by atoms with Gasteiger partial charge in [-0.1, -0.05) is 22.0 Å². The zero-order chi connectivity index (χ0) is 10.4. The minimum atomic E-state index is 0.00815. The summed E-state index contributed by atoms with van der Waals surface area (Å²) in [6.07, 6.45) is 5.41. The van der Waals surface area contributed by atoms with E-state index in [1.54, 1.807) is 6.20 Å². The van der Waals surface area contributed by atoms with Gasteiger partial charge in [0.05, 0.1) is 0 Å². The Balaban J connectivity index is 2.65. The molecule has 0 saturated heterocycles. The number of halogens is 1. The van der Waals surface area contributed by atoms with Gasteiger partial charge in [0.25, 0.3) is 0 Å². The molecule has 2 aromatic rings. The highest BCUT2D eigenvalue weighted by atomic mass is 79.9. The molecule has 0 amide bonds. The molecular formula is C12H6BrNO. The van der Waals surface area contributed by atoms with Crippen LogP contribution in [0.3, 0.4) is 0 Å². The van der Waals surface area contributed by atoms with E-state index >= 15 is 0 Å². The van der Waals surface area contributed by atoms with Gasteiger partial charge in [-0.3, -0.25) is 9.78 Å². The first kappa shape index (κ1) is 8.80. The van der Waals surface area contributed by atoms with Gasteiger partial charge in [0.15, 0.2) is 0 Å². The van der Waals surface area contributed by atoms with E-state index in [1.807, 2.05) is 30.4 Å². The molecule has 0 N–H and O–H groups in total. The molecule has 72 valence electrons. The van der Waals surface area contributed by atoms with Crippen LogP contribution < -0.4 is 5.43 Å². The molecule has 0 spiro atoms. The third-order valence-corrected chi connectivity index (χ3v) is 3.20. The Morgan fingerprint density at radius 3 is 2.87 bits per heavy atom. The lowest BCUT2D eigenvalue weighted by Crippen LogP contribution is -2.08. The summed E-state index contributed by atoms with van der Waals surface area (Å²) < 4.78 is 0.910. The maximum absolute atomic E-state index is 12.0. The van der Waals surface area contributed by atoms with Crippen molar-refractivity contribution in [1.82, 2.24) is 4.98 Å². The molecule has 15 heavy (non-hydrogen) atoms. The second-order valence-electron chi connectivity index (χ2n) is 3.42.